The number of hydrogen-bond donors (Lipinski definition) is 0. The monoisotopic (exact) mass is 692 g/mol. The Morgan fingerprint density at radius 1 is 0.857 bits per heavy atom. The lowest BCUT2D eigenvalue weighted by Crippen LogP contribution is -2.59. The molecule has 0 saturated carbocycles. The fourth-order valence-electron chi connectivity index (χ4n) is 6.05. The van der Waals surface area contributed by atoms with Gasteiger partial charge >= 0.3 is 29.8 Å². The molecule has 1 aliphatic heterocycles. The highest BCUT2D eigenvalue weighted by molar-refractivity contribution is 5.88. The first kappa shape index (κ1) is 43.3. The van der Waals surface area contributed by atoms with Gasteiger partial charge in [0.05, 0.1) is 25.9 Å². The van der Waals surface area contributed by atoms with Crippen LogP contribution in [0.1, 0.15) is 76.2 Å². The third-order valence-electron chi connectivity index (χ3n) is 8.26. The van der Waals surface area contributed by atoms with Crippen LogP contribution in [0.25, 0.3) is 0 Å². The second-order valence-corrected chi connectivity index (χ2v) is 12.9. The van der Waals surface area contributed by atoms with Crippen molar-refractivity contribution in [3.63, 3.8) is 0 Å². The van der Waals surface area contributed by atoms with Gasteiger partial charge in [-0.1, -0.05) is 64.7 Å². The molecule has 1 heterocycles. The first-order chi connectivity index (χ1) is 22.8. The average molecular weight is 693 g/mol. The van der Waals surface area contributed by atoms with Gasteiger partial charge in [0.2, 0.25) is 0 Å². The van der Waals surface area contributed by atoms with E-state index in [1.165, 1.54) is 27.0 Å². The molecular formula is C37H56O12. The Balaban J connectivity index is 3.79. The Morgan fingerprint density at radius 2 is 1.43 bits per heavy atom. The van der Waals surface area contributed by atoms with Crippen molar-refractivity contribution in [2.45, 2.75) is 106 Å². The van der Waals surface area contributed by atoms with E-state index in [4.69, 9.17) is 33.2 Å². The number of esters is 5. The maximum absolute atomic E-state index is 14.0. The molecule has 1 fully saturated rings. The largest absolute Gasteiger partial charge is 0.466 e. The molecule has 12 nitrogen and oxygen atoms in total. The molecule has 276 valence electrons. The van der Waals surface area contributed by atoms with Crippen LogP contribution in [0, 0.1) is 29.6 Å². The summed E-state index contributed by atoms with van der Waals surface area (Å²) in [6.07, 6.45) is 4.71. The van der Waals surface area contributed by atoms with Gasteiger partial charge in [-0.2, -0.15) is 0 Å². The molecule has 0 unspecified atom stereocenters. The molecule has 1 rings (SSSR count). The highest BCUT2D eigenvalue weighted by atomic mass is 16.7. The van der Waals surface area contributed by atoms with Crippen LogP contribution in [-0.2, 0) is 57.1 Å². The molecule has 0 aromatic rings. The number of carbonyl (C=O) groups excluding carboxylic acids is 5. The fourth-order valence-corrected chi connectivity index (χ4v) is 6.05. The molecule has 0 aromatic heterocycles. The van der Waals surface area contributed by atoms with Gasteiger partial charge in [-0.05, 0) is 34.6 Å². The Hall–Kier alpha value is -3.77. The molecule has 0 aromatic carbocycles. The summed E-state index contributed by atoms with van der Waals surface area (Å²) in [5.74, 6) is -7.45. The van der Waals surface area contributed by atoms with Crippen molar-refractivity contribution in [2.75, 3.05) is 20.3 Å². The van der Waals surface area contributed by atoms with Gasteiger partial charge in [0.15, 0.2) is 5.79 Å². The highest BCUT2D eigenvalue weighted by Gasteiger charge is 2.53. The van der Waals surface area contributed by atoms with Crippen LogP contribution < -0.4 is 0 Å². The van der Waals surface area contributed by atoms with Crippen molar-refractivity contribution in [1.82, 2.24) is 0 Å². The molecule has 0 radical (unpaired) electrons. The molecular weight excluding hydrogens is 636 g/mol. The van der Waals surface area contributed by atoms with Gasteiger partial charge in [0.1, 0.15) is 24.7 Å². The summed E-state index contributed by atoms with van der Waals surface area (Å²) < 4.78 is 40.0. The van der Waals surface area contributed by atoms with E-state index in [1.54, 1.807) is 66.7 Å². The van der Waals surface area contributed by atoms with Crippen LogP contribution in [0.2, 0.25) is 0 Å². The fraction of sp³-hybridized carbons (Fsp3) is 0.649. The maximum atomic E-state index is 14.0. The molecule has 0 spiro atoms. The molecule has 0 bridgehead atoms. The lowest BCUT2D eigenvalue weighted by Gasteiger charge is -2.50. The zero-order chi connectivity index (χ0) is 37.6. The highest BCUT2D eigenvalue weighted by Crippen LogP contribution is 2.42. The Bertz CT molecular complexity index is 1260. The molecule has 9 atom stereocenters. The minimum atomic E-state index is -1.21. The van der Waals surface area contributed by atoms with Crippen LogP contribution >= 0.6 is 0 Å². The van der Waals surface area contributed by atoms with Crippen LogP contribution in [0.15, 0.2) is 48.1 Å². The summed E-state index contributed by atoms with van der Waals surface area (Å²) in [7, 11) is 1.31. The normalized spacial score (nSPS) is 23.2. The number of ether oxygens (including phenoxy) is 7. The van der Waals surface area contributed by atoms with Crippen molar-refractivity contribution in [2.24, 2.45) is 29.6 Å². The van der Waals surface area contributed by atoms with E-state index in [9.17, 15) is 24.0 Å². The quantitative estimate of drug-likeness (QED) is 0.0628. The number of methoxy groups -OCH3 is 1. The zero-order valence-corrected chi connectivity index (χ0v) is 31.1. The molecule has 12 heteroatoms. The second kappa shape index (κ2) is 20.0. The Morgan fingerprint density at radius 3 is 1.96 bits per heavy atom. The molecule has 0 amide bonds. The average Bonchev–Trinajstić information content (AvgIpc) is 3.02. The van der Waals surface area contributed by atoms with E-state index in [-0.39, 0.29) is 19.1 Å². The van der Waals surface area contributed by atoms with Crippen LogP contribution in [0.5, 0.6) is 0 Å². The first-order valence-electron chi connectivity index (χ1n) is 16.6. The number of carbonyl (C=O) groups is 5. The van der Waals surface area contributed by atoms with E-state index >= 15 is 0 Å². The summed E-state index contributed by atoms with van der Waals surface area (Å²) in [6.45, 7) is 21.8. The van der Waals surface area contributed by atoms with Crippen molar-refractivity contribution in [3.8, 4) is 0 Å². The standard InChI is InChI=1S/C37H56O12/c1-14-19-45-36(42)29(33-26(8)31(48-37(11,12)49-33)21(3)17-16-18-22(4)34(40)43-13)32(47-28(10)39)25(7)30(46-27(9)38)23(5)20-24(6)35(41)44-15-2/h14,16-18,20-21,23,25-26,29-33H,1,15,19H2,2-13H3/b17-16-,22-18+,24-20+/t21-,23+,25-,26-,29+,30+,31-,32-,33-/m1/s1. The van der Waals surface area contributed by atoms with E-state index < -0.39 is 83.7 Å². The van der Waals surface area contributed by atoms with Crippen LogP contribution in [0.3, 0.4) is 0 Å². The summed E-state index contributed by atoms with van der Waals surface area (Å²) in [5, 5.41) is 0. The first-order valence-corrected chi connectivity index (χ1v) is 16.6. The van der Waals surface area contributed by atoms with Gasteiger partial charge in [-0.3, -0.25) is 14.4 Å². The smallest absolute Gasteiger partial charge is 0.333 e. The van der Waals surface area contributed by atoms with E-state index in [2.05, 4.69) is 6.58 Å². The van der Waals surface area contributed by atoms with E-state index in [0.717, 1.165) is 0 Å². The molecule has 1 saturated heterocycles. The molecule has 49 heavy (non-hydrogen) atoms. The van der Waals surface area contributed by atoms with Gasteiger partial charge in [0.25, 0.3) is 0 Å². The lowest BCUT2D eigenvalue weighted by molar-refractivity contribution is -0.336. The summed E-state index contributed by atoms with van der Waals surface area (Å²) in [4.78, 5) is 63.3. The predicted octanol–water partition coefficient (Wildman–Crippen LogP) is 5.44. The predicted molar refractivity (Wildman–Crippen MR) is 182 cm³/mol. The maximum Gasteiger partial charge on any atom is 0.333 e. The summed E-state index contributed by atoms with van der Waals surface area (Å²) in [6, 6.07) is 0. The molecule has 0 N–H and O–H groups in total. The van der Waals surface area contributed by atoms with E-state index in [0.29, 0.717) is 11.1 Å². The molecule has 0 aliphatic carbocycles. The van der Waals surface area contributed by atoms with Crippen LogP contribution in [0.4, 0.5) is 0 Å². The van der Waals surface area contributed by atoms with Crippen molar-refractivity contribution in [1.29, 1.82) is 0 Å². The van der Waals surface area contributed by atoms with E-state index in [1.807, 2.05) is 19.9 Å². The second-order valence-electron chi connectivity index (χ2n) is 12.9. The number of hydrogen-bond acceptors (Lipinski definition) is 12. The minimum absolute atomic E-state index is 0.114. The van der Waals surface area contributed by atoms with Gasteiger partial charge < -0.3 is 33.2 Å². The Labute approximate surface area is 291 Å². The van der Waals surface area contributed by atoms with Gasteiger partial charge in [0, 0.05) is 48.7 Å². The zero-order valence-electron chi connectivity index (χ0n) is 31.1. The third-order valence-corrected chi connectivity index (χ3v) is 8.26. The lowest BCUT2D eigenvalue weighted by atomic mass is 9.75. The Kier molecular flexibility index (Phi) is 17.7. The van der Waals surface area contributed by atoms with Crippen molar-refractivity contribution in [3.05, 3.63) is 48.1 Å². The topological polar surface area (TPSA) is 150 Å². The van der Waals surface area contributed by atoms with Crippen molar-refractivity contribution < 1.29 is 57.1 Å². The van der Waals surface area contributed by atoms with Gasteiger partial charge in [-0.15, -0.1) is 0 Å². The van der Waals surface area contributed by atoms with Gasteiger partial charge in [-0.25, -0.2) is 9.59 Å². The summed E-state index contributed by atoms with van der Waals surface area (Å²) in [5.41, 5.74) is 0.714. The number of allylic oxidation sites excluding steroid dienone is 2. The van der Waals surface area contributed by atoms with Crippen molar-refractivity contribution >= 4 is 29.8 Å². The summed E-state index contributed by atoms with van der Waals surface area (Å²) >= 11 is 0. The third kappa shape index (κ3) is 13.2. The SMILES string of the molecule is C=CCOC(=O)[C@@H]([C@H](OC(C)=O)[C@H](C)[C@@H](OC(C)=O)[C@@H](C)/C=C(\C)C(=O)OCC)[C@@H]1OC(C)(C)O[C@H]([C@H](C)/C=C\C=C(/C)C(=O)OC)[C@H]1C. The molecule has 1 aliphatic rings. The van der Waals surface area contributed by atoms with Crippen LogP contribution in [-0.4, -0.2) is 80.4 Å². The minimum Gasteiger partial charge on any atom is -0.466 e. The number of rotatable bonds is 17.